The first-order chi connectivity index (χ1) is 9.49. The fourth-order valence-corrected chi connectivity index (χ4v) is 3.50. The van der Waals surface area contributed by atoms with E-state index in [0.717, 1.165) is 18.5 Å². The molecule has 1 aliphatic carbocycles. The highest BCUT2D eigenvalue weighted by atomic mass is 32.2. The summed E-state index contributed by atoms with van der Waals surface area (Å²) in [5, 5.41) is 5.85. The van der Waals surface area contributed by atoms with Gasteiger partial charge in [0.25, 0.3) is 0 Å². The van der Waals surface area contributed by atoms with E-state index in [1.165, 1.54) is 6.07 Å². The number of carbonyl (C=O) groups excluding carboxylic acids is 1. The molecule has 1 fully saturated rings. The zero-order valence-electron chi connectivity index (χ0n) is 11.1. The average Bonchev–Trinajstić information content (AvgIpc) is 3.20. The van der Waals surface area contributed by atoms with Gasteiger partial charge in [-0.2, -0.15) is 0 Å². The Labute approximate surface area is 118 Å². The van der Waals surface area contributed by atoms with Crippen molar-refractivity contribution in [2.45, 2.75) is 43.2 Å². The van der Waals surface area contributed by atoms with E-state index in [1.807, 2.05) is 6.92 Å². The highest BCUT2D eigenvalue weighted by molar-refractivity contribution is 7.89. The molecule has 0 radical (unpaired) electrons. The van der Waals surface area contributed by atoms with Crippen molar-refractivity contribution in [2.24, 2.45) is 0 Å². The number of hydrogen-bond donors (Lipinski definition) is 3. The number of benzene rings is 1. The molecule has 0 bridgehead atoms. The highest BCUT2D eigenvalue weighted by Gasteiger charge is 2.29. The fourth-order valence-electron chi connectivity index (χ4n) is 2.17. The summed E-state index contributed by atoms with van der Waals surface area (Å²) in [6.07, 6.45) is 2.45. The van der Waals surface area contributed by atoms with Crippen LogP contribution in [0.25, 0.3) is 0 Å². The molecule has 1 unspecified atom stereocenters. The molecule has 0 spiro atoms. The summed E-state index contributed by atoms with van der Waals surface area (Å²) in [4.78, 5) is 12.0. The second kappa shape index (κ2) is 4.75. The average molecular weight is 295 g/mol. The summed E-state index contributed by atoms with van der Waals surface area (Å²) in [6, 6.07) is 4.54. The fraction of sp³-hybridized carbons (Fsp3) is 0.462. The number of carbonyl (C=O) groups is 1. The largest absolute Gasteiger partial charge is 0.372 e. The van der Waals surface area contributed by atoms with Gasteiger partial charge in [-0.15, -0.1) is 0 Å². The summed E-state index contributed by atoms with van der Waals surface area (Å²) in [6.45, 7) is 1.92. The summed E-state index contributed by atoms with van der Waals surface area (Å²) in [7, 11) is -3.50. The molecule has 1 aromatic carbocycles. The van der Waals surface area contributed by atoms with Gasteiger partial charge in [-0.05, 0) is 37.5 Å². The van der Waals surface area contributed by atoms with Crippen LogP contribution in [0, 0.1) is 0 Å². The van der Waals surface area contributed by atoms with Crippen molar-refractivity contribution in [1.82, 2.24) is 4.72 Å². The van der Waals surface area contributed by atoms with Gasteiger partial charge in [-0.3, -0.25) is 4.79 Å². The first kappa shape index (κ1) is 13.4. The molecule has 20 heavy (non-hydrogen) atoms. The van der Waals surface area contributed by atoms with Crippen LogP contribution in [-0.2, 0) is 14.8 Å². The van der Waals surface area contributed by atoms with Crippen LogP contribution in [-0.4, -0.2) is 26.4 Å². The van der Waals surface area contributed by atoms with Gasteiger partial charge in [0.15, 0.2) is 0 Å². The van der Waals surface area contributed by atoms with Gasteiger partial charge in [0, 0.05) is 6.04 Å². The van der Waals surface area contributed by atoms with E-state index >= 15 is 0 Å². The minimum Gasteiger partial charge on any atom is -0.372 e. The lowest BCUT2D eigenvalue weighted by Crippen LogP contribution is -2.38. The first-order valence-corrected chi connectivity index (χ1v) is 8.21. The zero-order valence-corrected chi connectivity index (χ0v) is 12.0. The summed E-state index contributed by atoms with van der Waals surface area (Å²) in [5.74, 6) is -0.135. The van der Waals surface area contributed by atoms with E-state index in [4.69, 9.17) is 0 Å². The molecule has 1 aromatic rings. The van der Waals surface area contributed by atoms with Crippen molar-refractivity contribution < 1.29 is 13.2 Å². The van der Waals surface area contributed by atoms with Crippen LogP contribution in [0.1, 0.15) is 26.2 Å². The van der Waals surface area contributed by atoms with Gasteiger partial charge < -0.3 is 10.6 Å². The number of anilines is 2. The van der Waals surface area contributed by atoms with E-state index in [2.05, 4.69) is 15.4 Å². The predicted octanol–water partition coefficient (Wildman–Crippen LogP) is 1.27. The molecule has 1 saturated carbocycles. The van der Waals surface area contributed by atoms with E-state index in [1.54, 1.807) is 12.1 Å². The molecule has 6 nitrogen and oxygen atoms in total. The molecule has 3 N–H and O–H groups in total. The maximum absolute atomic E-state index is 12.1. The Bertz CT molecular complexity index is 653. The van der Waals surface area contributed by atoms with E-state index in [9.17, 15) is 13.2 Å². The summed E-state index contributed by atoms with van der Waals surface area (Å²) < 4.78 is 26.9. The molecule has 1 heterocycles. The number of rotatable bonds is 4. The number of sulfonamides is 1. The van der Waals surface area contributed by atoms with Gasteiger partial charge in [0.2, 0.25) is 15.9 Å². The first-order valence-electron chi connectivity index (χ1n) is 6.73. The lowest BCUT2D eigenvalue weighted by atomic mass is 10.1. The van der Waals surface area contributed by atoms with E-state index in [-0.39, 0.29) is 22.9 Å². The SMILES string of the molecule is CCC1Nc2ccc(S(=O)(=O)NC3CC3)cc2NC1=O. The second-order valence-electron chi connectivity index (χ2n) is 5.20. The van der Waals surface area contributed by atoms with Crippen LogP contribution >= 0.6 is 0 Å². The van der Waals surface area contributed by atoms with E-state index in [0.29, 0.717) is 12.1 Å². The van der Waals surface area contributed by atoms with Gasteiger partial charge in [-0.25, -0.2) is 13.1 Å². The zero-order chi connectivity index (χ0) is 14.3. The van der Waals surface area contributed by atoms with Crippen molar-refractivity contribution in [3.63, 3.8) is 0 Å². The lowest BCUT2D eigenvalue weighted by Gasteiger charge is -2.26. The maximum atomic E-state index is 12.1. The number of fused-ring (bicyclic) bond motifs is 1. The normalized spacial score (nSPS) is 21.9. The van der Waals surface area contributed by atoms with Crippen LogP contribution in [0.5, 0.6) is 0 Å². The molecule has 0 saturated heterocycles. The van der Waals surface area contributed by atoms with E-state index < -0.39 is 10.0 Å². The van der Waals surface area contributed by atoms with Crippen molar-refractivity contribution in [1.29, 1.82) is 0 Å². The molecule has 108 valence electrons. The molecular weight excluding hydrogens is 278 g/mol. The molecule has 3 rings (SSSR count). The van der Waals surface area contributed by atoms with Crippen molar-refractivity contribution >= 4 is 27.3 Å². The maximum Gasteiger partial charge on any atom is 0.246 e. The molecule has 1 atom stereocenters. The van der Waals surface area contributed by atoms with Crippen LogP contribution in [0.2, 0.25) is 0 Å². The Morgan fingerprint density at radius 2 is 2.05 bits per heavy atom. The van der Waals surface area contributed by atoms with Crippen LogP contribution in [0.3, 0.4) is 0 Å². The Hall–Kier alpha value is -1.60. The Morgan fingerprint density at radius 1 is 1.30 bits per heavy atom. The monoisotopic (exact) mass is 295 g/mol. The number of nitrogens with one attached hydrogen (secondary N) is 3. The summed E-state index contributed by atoms with van der Waals surface area (Å²) >= 11 is 0. The van der Waals surface area contributed by atoms with Crippen molar-refractivity contribution in [3.8, 4) is 0 Å². The lowest BCUT2D eigenvalue weighted by molar-refractivity contribution is -0.117. The quantitative estimate of drug-likeness (QED) is 0.780. The third kappa shape index (κ3) is 2.51. The molecule has 7 heteroatoms. The smallest absolute Gasteiger partial charge is 0.246 e. The molecule has 1 aliphatic heterocycles. The predicted molar refractivity (Wildman–Crippen MR) is 76.1 cm³/mol. The standard InChI is InChI=1S/C13H17N3O3S/c1-2-10-13(17)15-12-7-9(5-6-11(12)14-10)20(18,19)16-8-3-4-8/h5-8,10,14,16H,2-4H2,1H3,(H,15,17). The van der Waals surface area contributed by atoms with Crippen LogP contribution < -0.4 is 15.4 Å². The minimum atomic E-state index is -3.50. The topological polar surface area (TPSA) is 87.3 Å². The van der Waals surface area contributed by atoms with Gasteiger partial charge in [0.05, 0.1) is 16.3 Å². The van der Waals surface area contributed by atoms with Crippen LogP contribution in [0.4, 0.5) is 11.4 Å². The molecule has 2 aliphatic rings. The number of hydrogen-bond acceptors (Lipinski definition) is 4. The molecular formula is C13H17N3O3S. The summed E-state index contributed by atoms with van der Waals surface area (Å²) in [5.41, 5.74) is 1.26. The third-order valence-corrected chi connectivity index (χ3v) is 5.03. The minimum absolute atomic E-state index is 0.0632. The Kier molecular flexibility index (Phi) is 3.18. The Balaban J connectivity index is 1.90. The van der Waals surface area contributed by atoms with Gasteiger partial charge in [-0.1, -0.05) is 6.92 Å². The number of amides is 1. The van der Waals surface area contributed by atoms with Gasteiger partial charge in [0.1, 0.15) is 6.04 Å². The van der Waals surface area contributed by atoms with Crippen molar-refractivity contribution in [2.75, 3.05) is 10.6 Å². The molecule has 0 aromatic heterocycles. The Morgan fingerprint density at radius 3 is 2.70 bits per heavy atom. The van der Waals surface area contributed by atoms with Crippen molar-refractivity contribution in [3.05, 3.63) is 18.2 Å². The highest BCUT2D eigenvalue weighted by Crippen LogP contribution is 2.31. The second-order valence-corrected chi connectivity index (χ2v) is 6.91. The van der Waals surface area contributed by atoms with Gasteiger partial charge >= 0.3 is 0 Å². The third-order valence-electron chi connectivity index (χ3n) is 3.51. The molecule has 1 amide bonds. The van der Waals surface area contributed by atoms with Crippen LogP contribution in [0.15, 0.2) is 23.1 Å².